The molecule has 4 rings (SSSR count). The van der Waals surface area contributed by atoms with Crippen LogP contribution in [0.2, 0.25) is 0 Å². The minimum absolute atomic E-state index is 0.0919. The fraction of sp³-hybridized carbons (Fsp3) is 0.167. The van der Waals surface area contributed by atoms with Crippen LogP contribution in [0.25, 0.3) is 11.0 Å². The van der Waals surface area contributed by atoms with Gasteiger partial charge in [0.05, 0.1) is 16.7 Å². The van der Waals surface area contributed by atoms with E-state index in [1.54, 1.807) is 6.07 Å². The van der Waals surface area contributed by atoms with Crippen molar-refractivity contribution in [3.63, 3.8) is 0 Å². The number of benzene rings is 2. The second-order valence-corrected chi connectivity index (χ2v) is 7.37. The monoisotopic (exact) mass is 417 g/mol. The van der Waals surface area contributed by atoms with Crippen molar-refractivity contribution >= 4 is 28.8 Å². The van der Waals surface area contributed by atoms with Crippen LogP contribution in [0.4, 0.5) is 0 Å². The van der Waals surface area contributed by atoms with Crippen molar-refractivity contribution in [1.82, 2.24) is 4.90 Å². The summed E-state index contributed by atoms with van der Waals surface area (Å²) in [6.45, 7) is 7.35. The van der Waals surface area contributed by atoms with Crippen LogP contribution in [-0.4, -0.2) is 29.2 Å². The third kappa shape index (κ3) is 3.54. The first-order valence-corrected chi connectivity index (χ1v) is 9.62. The van der Waals surface area contributed by atoms with Gasteiger partial charge in [0.2, 0.25) is 0 Å². The number of esters is 1. The lowest BCUT2D eigenvalue weighted by molar-refractivity contribution is 0.0473. The fourth-order valence-electron chi connectivity index (χ4n) is 3.54. The van der Waals surface area contributed by atoms with Crippen LogP contribution in [-0.2, 0) is 11.3 Å². The highest BCUT2D eigenvalue weighted by Crippen LogP contribution is 2.25. The average molecular weight is 417 g/mol. The standard InChI is InChI=1S/C24H19NO6/c1-4-7-25-22(27)17-6-5-15(10-19(17)23(25)28)24(29)30-12-16-11-21(26)31-20-9-14(3)13(2)8-18(16)20/h4-6,8-11H,1,7,12H2,2-3H3. The molecular weight excluding hydrogens is 398 g/mol. The summed E-state index contributed by atoms with van der Waals surface area (Å²) in [7, 11) is 0. The van der Waals surface area contributed by atoms with Crippen LogP contribution in [0.5, 0.6) is 0 Å². The van der Waals surface area contributed by atoms with E-state index in [1.807, 2.05) is 19.9 Å². The van der Waals surface area contributed by atoms with Crippen LogP contribution >= 0.6 is 0 Å². The molecule has 31 heavy (non-hydrogen) atoms. The summed E-state index contributed by atoms with van der Waals surface area (Å²) in [6.07, 6.45) is 1.46. The van der Waals surface area contributed by atoms with E-state index in [9.17, 15) is 19.2 Å². The van der Waals surface area contributed by atoms with Crippen LogP contribution in [0.15, 0.2) is 58.3 Å². The van der Waals surface area contributed by atoms with Gasteiger partial charge >= 0.3 is 11.6 Å². The first-order chi connectivity index (χ1) is 14.8. The minimum atomic E-state index is -0.671. The Balaban J connectivity index is 1.59. The lowest BCUT2D eigenvalue weighted by atomic mass is 10.0. The number of hydrogen-bond donors (Lipinski definition) is 0. The molecule has 0 atom stereocenters. The second kappa shape index (κ2) is 7.68. The number of imide groups is 1. The van der Waals surface area contributed by atoms with Gasteiger partial charge < -0.3 is 9.15 Å². The molecule has 0 N–H and O–H groups in total. The summed E-state index contributed by atoms with van der Waals surface area (Å²) in [5.74, 6) is -1.57. The largest absolute Gasteiger partial charge is 0.457 e. The molecule has 7 nitrogen and oxygen atoms in total. The van der Waals surface area contributed by atoms with Crippen molar-refractivity contribution in [1.29, 1.82) is 0 Å². The maximum absolute atomic E-state index is 12.6. The molecule has 2 aromatic carbocycles. The Kier molecular flexibility index (Phi) is 5.02. The van der Waals surface area contributed by atoms with Gasteiger partial charge in [0, 0.05) is 23.6 Å². The molecule has 3 aromatic rings. The number of hydrogen-bond acceptors (Lipinski definition) is 6. The number of fused-ring (bicyclic) bond motifs is 2. The van der Waals surface area contributed by atoms with E-state index in [0.717, 1.165) is 16.0 Å². The van der Waals surface area contributed by atoms with Gasteiger partial charge in [-0.05, 0) is 55.3 Å². The molecule has 156 valence electrons. The topological polar surface area (TPSA) is 93.9 Å². The van der Waals surface area contributed by atoms with E-state index in [-0.39, 0.29) is 29.8 Å². The Labute approximate surface area is 177 Å². The Morgan fingerprint density at radius 2 is 1.74 bits per heavy atom. The van der Waals surface area contributed by atoms with Gasteiger partial charge in [-0.2, -0.15) is 0 Å². The lowest BCUT2D eigenvalue weighted by Gasteiger charge is -2.10. The first kappa shape index (κ1) is 20.3. The number of carbonyl (C=O) groups excluding carboxylic acids is 3. The van der Waals surface area contributed by atoms with Gasteiger partial charge in [-0.3, -0.25) is 14.5 Å². The van der Waals surface area contributed by atoms with Crippen LogP contribution in [0.1, 0.15) is 47.8 Å². The Morgan fingerprint density at radius 3 is 2.48 bits per heavy atom. The van der Waals surface area contributed by atoms with E-state index >= 15 is 0 Å². The molecule has 7 heteroatoms. The molecule has 0 saturated heterocycles. The Morgan fingerprint density at radius 1 is 1.03 bits per heavy atom. The number of ether oxygens (including phenoxy) is 1. The van der Waals surface area contributed by atoms with Crippen molar-refractivity contribution < 1.29 is 23.5 Å². The highest BCUT2D eigenvalue weighted by atomic mass is 16.5. The minimum Gasteiger partial charge on any atom is -0.457 e. The van der Waals surface area contributed by atoms with E-state index in [2.05, 4.69) is 6.58 Å². The van der Waals surface area contributed by atoms with E-state index < -0.39 is 23.4 Å². The summed E-state index contributed by atoms with van der Waals surface area (Å²) in [4.78, 5) is 50.3. The van der Waals surface area contributed by atoms with Gasteiger partial charge in [-0.25, -0.2) is 9.59 Å². The second-order valence-electron chi connectivity index (χ2n) is 7.37. The molecule has 0 fully saturated rings. The predicted octanol–water partition coefficient (Wildman–Crippen LogP) is 3.55. The Hall–Kier alpha value is -4.00. The molecule has 0 aliphatic carbocycles. The summed E-state index contributed by atoms with van der Waals surface area (Å²) in [5.41, 5.74) is 2.93. The van der Waals surface area contributed by atoms with Crippen molar-refractivity contribution in [2.45, 2.75) is 20.5 Å². The molecule has 0 unspecified atom stereocenters. The highest BCUT2D eigenvalue weighted by Gasteiger charge is 2.35. The summed E-state index contributed by atoms with van der Waals surface area (Å²) >= 11 is 0. The van der Waals surface area contributed by atoms with E-state index in [0.29, 0.717) is 16.5 Å². The van der Waals surface area contributed by atoms with Crippen molar-refractivity contribution in [2.24, 2.45) is 0 Å². The van der Waals surface area contributed by atoms with Gasteiger partial charge in [-0.1, -0.05) is 6.08 Å². The molecule has 2 heterocycles. The third-order valence-corrected chi connectivity index (χ3v) is 5.32. The molecule has 0 spiro atoms. The van der Waals surface area contributed by atoms with Gasteiger partial charge in [-0.15, -0.1) is 6.58 Å². The zero-order valence-corrected chi connectivity index (χ0v) is 17.1. The molecule has 0 radical (unpaired) electrons. The van der Waals surface area contributed by atoms with Crippen LogP contribution < -0.4 is 5.63 Å². The number of nitrogens with zero attached hydrogens (tertiary/aromatic N) is 1. The van der Waals surface area contributed by atoms with Crippen LogP contribution in [0, 0.1) is 13.8 Å². The third-order valence-electron chi connectivity index (χ3n) is 5.32. The molecule has 2 amide bonds. The zero-order valence-electron chi connectivity index (χ0n) is 17.1. The maximum atomic E-state index is 12.6. The number of carbonyl (C=O) groups is 3. The number of rotatable bonds is 5. The Bertz CT molecular complexity index is 1330. The average Bonchev–Trinajstić information content (AvgIpc) is 2.97. The van der Waals surface area contributed by atoms with Gasteiger partial charge in [0.1, 0.15) is 12.2 Å². The number of amides is 2. The van der Waals surface area contributed by atoms with Crippen LogP contribution in [0.3, 0.4) is 0 Å². The summed E-state index contributed by atoms with van der Waals surface area (Å²) in [5, 5.41) is 0.685. The first-order valence-electron chi connectivity index (χ1n) is 9.62. The van der Waals surface area contributed by atoms with Crippen molar-refractivity contribution in [3.8, 4) is 0 Å². The molecule has 0 bridgehead atoms. The molecule has 1 aromatic heterocycles. The maximum Gasteiger partial charge on any atom is 0.338 e. The van der Waals surface area contributed by atoms with Crippen molar-refractivity contribution in [3.05, 3.63) is 92.9 Å². The molecule has 1 aliphatic rings. The smallest absolute Gasteiger partial charge is 0.338 e. The molecule has 1 aliphatic heterocycles. The quantitative estimate of drug-likeness (QED) is 0.273. The zero-order chi connectivity index (χ0) is 22.3. The van der Waals surface area contributed by atoms with E-state index in [1.165, 1.54) is 30.3 Å². The van der Waals surface area contributed by atoms with E-state index in [4.69, 9.17) is 9.15 Å². The number of aryl methyl sites for hydroxylation is 2. The van der Waals surface area contributed by atoms with Gasteiger partial charge in [0.15, 0.2) is 0 Å². The SMILES string of the molecule is C=CCN1C(=O)c2ccc(C(=O)OCc3cc(=O)oc4cc(C)c(C)cc34)cc2C1=O. The van der Waals surface area contributed by atoms with Gasteiger partial charge in [0.25, 0.3) is 11.8 Å². The summed E-state index contributed by atoms with van der Waals surface area (Å²) in [6, 6.07) is 9.18. The predicted molar refractivity (Wildman–Crippen MR) is 113 cm³/mol. The molecular formula is C24H19NO6. The summed E-state index contributed by atoms with van der Waals surface area (Å²) < 4.78 is 10.7. The highest BCUT2D eigenvalue weighted by molar-refractivity contribution is 6.22. The molecule has 0 saturated carbocycles. The lowest BCUT2D eigenvalue weighted by Crippen LogP contribution is -2.29. The fourth-order valence-corrected chi connectivity index (χ4v) is 3.54. The normalized spacial score (nSPS) is 12.9. The van der Waals surface area contributed by atoms with Crippen molar-refractivity contribution in [2.75, 3.05) is 6.54 Å².